The number of benzene rings is 2. The van der Waals surface area contributed by atoms with Gasteiger partial charge in [0.05, 0.1) is 0 Å². The van der Waals surface area contributed by atoms with Crippen molar-refractivity contribution in [2.24, 2.45) is 0 Å². The molecule has 0 amide bonds. The Kier molecular flexibility index (Phi) is 8.59. The molecule has 2 aromatic heterocycles. The minimum absolute atomic E-state index is 1.20. The van der Waals surface area contributed by atoms with Crippen LogP contribution in [0.15, 0.2) is 59.3 Å². The maximum absolute atomic E-state index is 2.39. The first-order chi connectivity index (χ1) is 15.8. The quantitative estimate of drug-likeness (QED) is 0.184. The zero-order valence-electron chi connectivity index (χ0n) is 19.7. The maximum Gasteiger partial charge on any atom is 0.0374 e. The summed E-state index contributed by atoms with van der Waals surface area (Å²) in [6, 6.07) is 18.7. The molecule has 4 rings (SSSR count). The van der Waals surface area contributed by atoms with Crippen LogP contribution in [0, 0.1) is 0 Å². The van der Waals surface area contributed by atoms with Crippen molar-refractivity contribution >= 4 is 33.4 Å². The molecule has 2 heteroatoms. The average Bonchev–Trinajstić information content (AvgIpc) is 3.48. The highest BCUT2D eigenvalue weighted by atomic mass is 32.1. The minimum atomic E-state index is 1.20. The minimum Gasteiger partial charge on any atom is -0.144 e. The van der Waals surface area contributed by atoms with Crippen LogP contribution in [0.5, 0.6) is 0 Å². The van der Waals surface area contributed by atoms with Gasteiger partial charge in [0.2, 0.25) is 0 Å². The van der Waals surface area contributed by atoms with Crippen molar-refractivity contribution in [3.05, 3.63) is 70.4 Å². The summed E-state index contributed by atoms with van der Waals surface area (Å²) in [6.07, 6.45) is 13.0. The Morgan fingerprint density at radius 3 is 1.44 bits per heavy atom. The molecule has 0 aliphatic heterocycles. The van der Waals surface area contributed by atoms with E-state index in [4.69, 9.17) is 0 Å². The molecular weight excluding hydrogens is 424 g/mol. The molecule has 0 saturated carbocycles. The van der Waals surface area contributed by atoms with E-state index >= 15 is 0 Å². The summed E-state index contributed by atoms with van der Waals surface area (Å²) < 4.78 is 0. The maximum atomic E-state index is 2.39. The van der Waals surface area contributed by atoms with Crippen LogP contribution in [0.4, 0.5) is 0 Å². The van der Waals surface area contributed by atoms with Gasteiger partial charge in [-0.3, -0.25) is 0 Å². The molecule has 0 saturated heterocycles. The first-order valence-electron chi connectivity index (χ1n) is 12.5. The van der Waals surface area contributed by atoms with E-state index in [9.17, 15) is 0 Å². The van der Waals surface area contributed by atoms with Crippen LogP contribution < -0.4 is 0 Å². The molecule has 2 aromatic carbocycles. The lowest BCUT2D eigenvalue weighted by Gasteiger charge is -2.09. The lowest BCUT2D eigenvalue weighted by atomic mass is 9.98. The van der Waals surface area contributed by atoms with Gasteiger partial charge in [0.1, 0.15) is 0 Å². The van der Waals surface area contributed by atoms with Gasteiger partial charge >= 0.3 is 0 Å². The molecule has 0 aliphatic carbocycles. The Hall–Kier alpha value is -1.90. The van der Waals surface area contributed by atoms with Gasteiger partial charge in [-0.15, -0.1) is 22.7 Å². The zero-order chi connectivity index (χ0) is 22.2. The smallest absolute Gasteiger partial charge is 0.0374 e. The Labute approximate surface area is 202 Å². The summed E-state index contributed by atoms with van der Waals surface area (Å²) in [7, 11) is 0. The van der Waals surface area contributed by atoms with Gasteiger partial charge in [0, 0.05) is 9.75 Å². The summed E-state index contributed by atoms with van der Waals surface area (Å²) in [4.78, 5) is 2.92. The first-order valence-corrected chi connectivity index (χ1v) is 14.2. The number of thiophene rings is 2. The molecule has 2 heterocycles. The van der Waals surface area contributed by atoms with E-state index < -0.39 is 0 Å². The number of rotatable bonds is 12. The lowest BCUT2D eigenvalue weighted by molar-refractivity contribution is 0.668. The molecule has 0 spiro atoms. The van der Waals surface area contributed by atoms with Crippen molar-refractivity contribution in [3.8, 4) is 20.9 Å². The van der Waals surface area contributed by atoms with Crippen LogP contribution in [-0.4, -0.2) is 0 Å². The summed E-state index contributed by atoms with van der Waals surface area (Å²) in [6.45, 7) is 4.56. The second-order valence-electron chi connectivity index (χ2n) is 8.95. The van der Waals surface area contributed by atoms with E-state index in [2.05, 4.69) is 73.1 Å². The topological polar surface area (TPSA) is 0 Å². The molecule has 168 valence electrons. The van der Waals surface area contributed by atoms with Crippen LogP contribution in [0.2, 0.25) is 0 Å². The highest BCUT2D eigenvalue weighted by Gasteiger charge is 2.10. The molecule has 0 aliphatic rings. The van der Waals surface area contributed by atoms with Gasteiger partial charge in [-0.25, -0.2) is 0 Å². The molecule has 0 atom stereocenters. The summed E-state index contributed by atoms with van der Waals surface area (Å²) in [5.74, 6) is 0. The SMILES string of the molecule is CCCCCCc1ccsc1-c1ccc2cc(-c3sccc3CCCCCC)ccc2c1. The Balaban J connectivity index is 1.52. The molecule has 0 radical (unpaired) electrons. The fourth-order valence-electron chi connectivity index (χ4n) is 4.58. The van der Waals surface area contributed by atoms with E-state index in [1.165, 1.54) is 107 Å². The molecule has 4 aromatic rings. The molecule has 0 N–H and O–H groups in total. The predicted octanol–water partition coefficient (Wildman–Crippen LogP) is 10.5. The number of aryl methyl sites for hydroxylation is 2. The van der Waals surface area contributed by atoms with Crippen LogP contribution in [0.3, 0.4) is 0 Å². The Bertz CT molecular complexity index is 1030. The van der Waals surface area contributed by atoms with Gasteiger partial charge < -0.3 is 0 Å². The normalized spacial score (nSPS) is 11.4. The van der Waals surface area contributed by atoms with Crippen molar-refractivity contribution in [2.75, 3.05) is 0 Å². The van der Waals surface area contributed by atoms with Gasteiger partial charge in [-0.1, -0.05) is 76.6 Å². The van der Waals surface area contributed by atoms with Gasteiger partial charge in [0.15, 0.2) is 0 Å². The largest absolute Gasteiger partial charge is 0.144 e. The van der Waals surface area contributed by atoms with Gasteiger partial charge in [0.25, 0.3) is 0 Å². The third kappa shape index (κ3) is 5.71. The monoisotopic (exact) mass is 460 g/mol. The molecule has 0 fully saturated rings. The van der Waals surface area contributed by atoms with E-state index in [-0.39, 0.29) is 0 Å². The second-order valence-corrected chi connectivity index (χ2v) is 10.8. The van der Waals surface area contributed by atoms with Crippen LogP contribution in [-0.2, 0) is 12.8 Å². The van der Waals surface area contributed by atoms with Crippen molar-refractivity contribution in [3.63, 3.8) is 0 Å². The van der Waals surface area contributed by atoms with Crippen molar-refractivity contribution in [1.29, 1.82) is 0 Å². The zero-order valence-corrected chi connectivity index (χ0v) is 21.3. The number of hydrogen-bond acceptors (Lipinski definition) is 2. The summed E-state index contributed by atoms with van der Waals surface area (Å²) in [5, 5.41) is 7.21. The summed E-state index contributed by atoms with van der Waals surface area (Å²) in [5.41, 5.74) is 5.79. The standard InChI is InChI=1S/C30H36S2/c1-3-5-7-9-11-23-17-19-31-29(23)27-15-13-26-22-28(16-14-25(26)21-27)30-24(18-20-32-30)12-10-8-6-4-2/h13-22H,3-12H2,1-2H3. The van der Waals surface area contributed by atoms with Crippen molar-refractivity contribution in [1.82, 2.24) is 0 Å². The second kappa shape index (κ2) is 11.8. The number of unbranched alkanes of at least 4 members (excludes halogenated alkanes) is 6. The van der Waals surface area contributed by atoms with Crippen LogP contribution in [0.1, 0.15) is 76.3 Å². The third-order valence-corrected chi connectivity index (χ3v) is 8.47. The molecule has 0 unspecified atom stereocenters. The average molecular weight is 461 g/mol. The number of hydrogen-bond donors (Lipinski definition) is 0. The third-order valence-electron chi connectivity index (χ3n) is 6.46. The Morgan fingerprint density at radius 2 is 1.00 bits per heavy atom. The van der Waals surface area contributed by atoms with E-state index in [0.717, 1.165) is 0 Å². The highest BCUT2D eigenvalue weighted by Crippen LogP contribution is 2.36. The van der Waals surface area contributed by atoms with Crippen molar-refractivity contribution in [2.45, 2.75) is 78.1 Å². The van der Waals surface area contributed by atoms with E-state index in [1.54, 1.807) is 0 Å². The molecule has 0 nitrogen and oxygen atoms in total. The molecule has 32 heavy (non-hydrogen) atoms. The Morgan fingerprint density at radius 1 is 0.531 bits per heavy atom. The van der Waals surface area contributed by atoms with Gasteiger partial charge in [-0.05, 0) is 93.7 Å². The van der Waals surface area contributed by atoms with Gasteiger partial charge in [-0.2, -0.15) is 0 Å². The van der Waals surface area contributed by atoms with E-state index in [0.29, 0.717) is 0 Å². The fourth-order valence-corrected chi connectivity index (χ4v) is 6.49. The predicted molar refractivity (Wildman–Crippen MR) is 146 cm³/mol. The summed E-state index contributed by atoms with van der Waals surface area (Å²) >= 11 is 3.78. The molecular formula is C30H36S2. The fraction of sp³-hybridized carbons (Fsp3) is 0.400. The highest BCUT2D eigenvalue weighted by molar-refractivity contribution is 7.14. The first kappa shape index (κ1) is 23.3. The van der Waals surface area contributed by atoms with Crippen LogP contribution in [0.25, 0.3) is 31.7 Å². The number of fused-ring (bicyclic) bond motifs is 1. The molecule has 0 bridgehead atoms. The lowest BCUT2D eigenvalue weighted by Crippen LogP contribution is -1.88. The van der Waals surface area contributed by atoms with Crippen molar-refractivity contribution < 1.29 is 0 Å². The van der Waals surface area contributed by atoms with E-state index in [1.807, 2.05) is 22.7 Å². The van der Waals surface area contributed by atoms with Crippen LogP contribution >= 0.6 is 22.7 Å².